The highest BCUT2D eigenvalue weighted by molar-refractivity contribution is 9.10. The van der Waals surface area contributed by atoms with Crippen molar-refractivity contribution in [1.29, 1.82) is 0 Å². The monoisotopic (exact) mass is 377 g/mol. The minimum atomic E-state index is -0.211. The number of carbonyl (C=O) groups excluding carboxylic acids is 1. The summed E-state index contributed by atoms with van der Waals surface area (Å²) >= 11 is 3.37. The van der Waals surface area contributed by atoms with Gasteiger partial charge in [0.05, 0.1) is 11.0 Å². The lowest BCUT2D eigenvalue weighted by atomic mass is 10.2. The van der Waals surface area contributed by atoms with Gasteiger partial charge in [0.2, 0.25) is 0 Å². The van der Waals surface area contributed by atoms with Crippen molar-refractivity contribution < 1.29 is 19.0 Å². The third kappa shape index (κ3) is 4.16. The molecule has 0 bridgehead atoms. The largest absolute Gasteiger partial charge is 0.486 e. The van der Waals surface area contributed by atoms with Crippen LogP contribution in [0.2, 0.25) is 0 Å². The molecule has 1 atom stereocenters. The molecular weight excluding hydrogens is 362 g/mol. The average Bonchev–Trinajstić information content (AvgIpc) is 2.59. The summed E-state index contributed by atoms with van der Waals surface area (Å²) in [5, 5.41) is 2.79. The molecule has 1 aliphatic heterocycles. The second kappa shape index (κ2) is 7.37. The van der Waals surface area contributed by atoms with E-state index in [9.17, 15) is 4.79 Å². The molecule has 1 unspecified atom stereocenters. The molecule has 6 heteroatoms. The number of para-hydroxylation sites is 3. The van der Waals surface area contributed by atoms with Crippen LogP contribution in [0.5, 0.6) is 17.2 Å². The maximum Gasteiger partial charge on any atom is 0.258 e. The van der Waals surface area contributed by atoms with Gasteiger partial charge < -0.3 is 19.5 Å². The number of hydrogen-bond acceptors (Lipinski definition) is 4. The second-order valence-electron chi connectivity index (χ2n) is 5.02. The van der Waals surface area contributed by atoms with Gasteiger partial charge in [-0.2, -0.15) is 0 Å². The van der Waals surface area contributed by atoms with Crippen LogP contribution >= 0.6 is 15.9 Å². The lowest BCUT2D eigenvalue weighted by molar-refractivity contribution is -0.123. The van der Waals surface area contributed by atoms with Crippen LogP contribution in [0.3, 0.4) is 0 Å². The molecule has 1 heterocycles. The van der Waals surface area contributed by atoms with Crippen molar-refractivity contribution in [3.63, 3.8) is 0 Å². The van der Waals surface area contributed by atoms with Crippen molar-refractivity contribution in [2.45, 2.75) is 6.10 Å². The first-order valence-corrected chi connectivity index (χ1v) is 8.04. The predicted octanol–water partition coefficient (Wildman–Crippen LogP) is 2.78. The van der Waals surface area contributed by atoms with Crippen molar-refractivity contribution in [2.24, 2.45) is 0 Å². The number of carbonyl (C=O) groups is 1. The van der Waals surface area contributed by atoms with Crippen LogP contribution in [0.4, 0.5) is 0 Å². The smallest absolute Gasteiger partial charge is 0.258 e. The maximum atomic E-state index is 11.9. The molecule has 3 rings (SSSR count). The van der Waals surface area contributed by atoms with E-state index in [2.05, 4.69) is 21.2 Å². The van der Waals surface area contributed by atoms with Crippen molar-refractivity contribution in [3.05, 3.63) is 53.0 Å². The SMILES string of the molecule is O=C(COc1ccccc1Br)NCC1COc2ccccc2O1. The van der Waals surface area contributed by atoms with E-state index in [1.54, 1.807) is 6.07 Å². The van der Waals surface area contributed by atoms with E-state index in [0.29, 0.717) is 24.7 Å². The molecule has 23 heavy (non-hydrogen) atoms. The zero-order valence-electron chi connectivity index (χ0n) is 12.3. The molecule has 5 nitrogen and oxygen atoms in total. The lowest BCUT2D eigenvalue weighted by Crippen LogP contribution is -2.42. The molecule has 0 aromatic heterocycles. The zero-order valence-corrected chi connectivity index (χ0v) is 13.9. The van der Waals surface area contributed by atoms with Crippen LogP contribution in [0.25, 0.3) is 0 Å². The van der Waals surface area contributed by atoms with E-state index < -0.39 is 0 Å². The molecule has 2 aromatic rings. The van der Waals surface area contributed by atoms with Crippen molar-refractivity contribution >= 4 is 21.8 Å². The Labute approximate surface area is 142 Å². The van der Waals surface area contributed by atoms with Gasteiger partial charge in [-0.3, -0.25) is 4.79 Å². The summed E-state index contributed by atoms with van der Waals surface area (Å²) in [5.41, 5.74) is 0. The molecule has 1 N–H and O–H groups in total. The summed E-state index contributed by atoms with van der Waals surface area (Å²) in [6.45, 7) is 0.724. The van der Waals surface area contributed by atoms with Gasteiger partial charge in [-0.15, -0.1) is 0 Å². The number of benzene rings is 2. The normalized spacial score (nSPS) is 15.8. The van der Waals surface area contributed by atoms with Crippen molar-refractivity contribution in [2.75, 3.05) is 19.8 Å². The number of hydrogen-bond donors (Lipinski definition) is 1. The fourth-order valence-corrected chi connectivity index (χ4v) is 2.55. The van der Waals surface area contributed by atoms with Gasteiger partial charge in [-0.05, 0) is 40.2 Å². The van der Waals surface area contributed by atoms with Crippen molar-refractivity contribution in [3.8, 4) is 17.2 Å². The Morgan fingerprint density at radius 2 is 1.91 bits per heavy atom. The molecule has 0 spiro atoms. The van der Waals surface area contributed by atoms with Crippen LogP contribution in [-0.4, -0.2) is 31.8 Å². The van der Waals surface area contributed by atoms with Gasteiger partial charge in [-0.1, -0.05) is 24.3 Å². The van der Waals surface area contributed by atoms with E-state index >= 15 is 0 Å². The fourth-order valence-electron chi connectivity index (χ4n) is 2.15. The number of fused-ring (bicyclic) bond motifs is 1. The Balaban J connectivity index is 1.44. The summed E-state index contributed by atoms with van der Waals surface area (Å²) in [6, 6.07) is 14.9. The quantitative estimate of drug-likeness (QED) is 0.870. The van der Waals surface area contributed by atoms with Crippen molar-refractivity contribution in [1.82, 2.24) is 5.32 Å². The molecule has 0 saturated heterocycles. The highest BCUT2D eigenvalue weighted by Gasteiger charge is 2.21. The van der Waals surface area contributed by atoms with E-state index in [1.165, 1.54) is 0 Å². The Hall–Kier alpha value is -2.21. The summed E-state index contributed by atoms with van der Waals surface area (Å²) in [5.74, 6) is 1.85. The summed E-state index contributed by atoms with van der Waals surface area (Å²) in [7, 11) is 0. The number of ether oxygens (including phenoxy) is 3. The molecule has 0 aliphatic carbocycles. The van der Waals surface area contributed by atoms with E-state index in [1.807, 2.05) is 42.5 Å². The fraction of sp³-hybridized carbons (Fsp3) is 0.235. The van der Waals surface area contributed by atoms with Crippen LogP contribution in [0.15, 0.2) is 53.0 Å². The van der Waals surface area contributed by atoms with Gasteiger partial charge in [0.25, 0.3) is 5.91 Å². The average molecular weight is 378 g/mol. The molecule has 1 amide bonds. The minimum absolute atomic E-state index is 0.0488. The Bertz CT molecular complexity index is 692. The number of rotatable bonds is 5. The standard InChI is InChI=1S/C17H16BrNO4/c18-13-5-1-2-6-14(13)22-11-17(20)19-9-12-10-21-15-7-3-4-8-16(15)23-12/h1-8,12H,9-11H2,(H,19,20). The molecule has 120 valence electrons. The first kappa shape index (κ1) is 15.7. The second-order valence-corrected chi connectivity index (χ2v) is 5.88. The van der Waals surface area contributed by atoms with Gasteiger partial charge >= 0.3 is 0 Å². The summed E-state index contributed by atoms with van der Waals surface area (Å²) in [4.78, 5) is 11.9. The van der Waals surface area contributed by atoms with Crippen LogP contribution < -0.4 is 19.5 Å². The highest BCUT2D eigenvalue weighted by Crippen LogP contribution is 2.30. The minimum Gasteiger partial charge on any atom is -0.486 e. The first-order chi connectivity index (χ1) is 11.2. The molecule has 1 aliphatic rings. The molecule has 0 fully saturated rings. The van der Waals surface area contributed by atoms with Gasteiger partial charge in [0.15, 0.2) is 18.1 Å². The van der Waals surface area contributed by atoms with Crippen LogP contribution in [0.1, 0.15) is 0 Å². The van der Waals surface area contributed by atoms with Crippen LogP contribution in [0, 0.1) is 0 Å². The number of nitrogens with one attached hydrogen (secondary N) is 1. The zero-order chi connectivity index (χ0) is 16.1. The first-order valence-electron chi connectivity index (χ1n) is 7.25. The van der Waals surface area contributed by atoms with Crippen LogP contribution in [-0.2, 0) is 4.79 Å². The number of amides is 1. The Morgan fingerprint density at radius 3 is 2.74 bits per heavy atom. The maximum absolute atomic E-state index is 11.9. The highest BCUT2D eigenvalue weighted by atomic mass is 79.9. The number of halogens is 1. The van der Waals surface area contributed by atoms with Gasteiger partial charge in [0.1, 0.15) is 18.5 Å². The topological polar surface area (TPSA) is 56.8 Å². The van der Waals surface area contributed by atoms with Gasteiger partial charge in [0, 0.05) is 0 Å². The van der Waals surface area contributed by atoms with Gasteiger partial charge in [-0.25, -0.2) is 0 Å². The predicted molar refractivity (Wildman–Crippen MR) is 89.0 cm³/mol. The Morgan fingerprint density at radius 1 is 1.17 bits per heavy atom. The third-order valence-electron chi connectivity index (χ3n) is 3.29. The molecule has 0 radical (unpaired) electrons. The summed E-state index contributed by atoms with van der Waals surface area (Å²) in [6.07, 6.45) is -0.211. The molecule has 2 aromatic carbocycles. The van der Waals surface area contributed by atoms with E-state index in [0.717, 1.165) is 10.2 Å². The molecule has 0 saturated carbocycles. The van der Waals surface area contributed by atoms with E-state index in [4.69, 9.17) is 14.2 Å². The third-order valence-corrected chi connectivity index (χ3v) is 3.94. The van der Waals surface area contributed by atoms with E-state index in [-0.39, 0.29) is 18.6 Å². The molecular formula is C17H16BrNO4. The Kier molecular flexibility index (Phi) is 5.02. The summed E-state index contributed by atoms with van der Waals surface area (Å²) < 4.78 is 17.7. The lowest BCUT2D eigenvalue weighted by Gasteiger charge is -2.26.